The first-order chi connectivity index (χ1) is 4.97. The second kappa shape index (κ2) is 2.25. The molecule has 0 saturated carbocycles. The second-order valence-corrected chi connectivity index (χ2v) is 2.19. The Kier molecular flexibility index (Phi) is 1.27. The van der Waals surface area contributed by atoms with Crippen LogP contribution in [0, 0.1) is 0 Å². The summed E-state index contributed by atoms with van der Waals surface area (Å²) in [6.07, 6.45) is 8.77. The fourth-order valence-electron chi connectivity index (χ4n) is 1.01. The molecule has 0 spiro atoms. The van der Waals surface area contributed by atoms with Crippen LogP contribution in [0.4, 0.5) is 0 Å². The zero-order chi connectivity index (χ0) is 6.81. The first-order valence-corrected chi connectivity index (χ1v) is 3.29. The monoisotopic (exact) mass is 134 g/mol. The number of hydrogen-bond acceptors (Lipinski definition) is 2. The van der Waals surface area contributed by atoms with E-state index in [1.165, 1.54) is 0 Å². The first kappa shape index (κ1) is 5.65. The summed E-state index contributed by atoms with van der Waals surface area (Å²) < 4.78 is 10.4. The smallest absolute Gasteiger partial charge is 0.529 e. The van der Waals surface area contributed by atoms with Crippen molar-refractivity contribution in [2.24, 2.45) is 0 Å². The largest absolute Gasteiger partial charge is 0.576 e. The van der Waals surface area contributed by atoms with E-state index in [4.69, 9.17) is 9.31 Å². The van der Waals surface area contributed by atoms with E-state index in [9.17, 15) is 0 Å². The van der Waals surface area contributed by atoms with Crippen molar-refractivity contribution in [2.75, 3.05) is 0 Å². The Morgan fingerprint density at radius 3 is 3.30 bits per heavy atom. The molecule has 3 heteroatoms. The maximum atomic E-state index is 5.19. The zero-order valence-corrected chi connectivity index (χ0v) is 5.54. The predicted molar refractivity (Wildman–Crippen MR) is 39.2 cm³/mol. The lowest BCUT2D eigenvalue weighted by atomic mass is 10.3. The SMILES string of the molecule is B1OC2=C(CC=CC=C2)O1. The molecule has 0 amide bonds. The van der Waals surface area contributed by atoms with E-state index in [1.807, 2.05) is 24.3 Å². The van der Waals surface area contributed by atoms with E-state index in [0.717, 1.165) is 17.9 Å². The third-order valence-corrected chi connectivity index (χ3v) is 1.52. The minimum Gasteiger partial charge on any atom is -0.529 e. The average Bonchev–Trinajstić information content (AvgIpc) is 2.28. The fourth-order valence-corrected chi connectivity index (χ4v) is 1.01. The van der Waals surface area contributed by atoms with E-state index < -0.39 is 0 Å². The quantitative estimate of drug-likeness (QED) is 0.460. The molecule has 1 aliphatic carbocycles. The number of allylic oxidation sites excluding steroid dienone is 4. The van der Waals surface area contributed by atoms with Gasteiger partial charge in [-0.15, -0.1) is 0 Å². The van der Waals surface area contributed by atoms with Gasteiger partial charge in [0.15, 0.2) is 0 Å². The molecule has 0 aromatic heterocycles. The minimum absolute atomic E-state index is 0.378. The molecule has 50 valence electrons. The Bertz CT molecular complexity index is 228. The lowest BCUT2D eigenvalue weighted by molar-refractivity contribution is 0.411. The van der Waals surface area contributed by atoms with Gasteiger partial charge in [0.25, 0.3) is 0 Å². The van der Waals surface area contributed by atoms with Crippen molar-refractivity contribution in [3.63, 3.8) is 0 Å². The third-order valence-electron chi connectivity index (χ3n) is 1.52. The van der Waals surface area contributed by atoms with Crippen LogP contribution in [0.2, 0.25) is 0 Å². The average molecular weight is 134 g/mol. The molecular weight excluding hydrogens is 127 g/mol. The van der Waals surface area contributed by atoms with Gasteiger partial charge in [-0.25, -0.2) is 0 Å². The van der Waals surface area contributed by atoms with Crippen LogP contribution in [0.1, 0.15) is 6.42 Å². The van der Waals surface area contributed by atoms with E-state index in [2.05, 4.69) is 0 Å². The molecule has 0 atom stereocenters. The van der Waals surface area contributed by atoms with Crippen molar-refractivity contribution in [1.82, 2.24) is 0 Å². The van der Waals surface area contributed by atoms with Crippen LogP contribution in [0.15, 0.2) is 35.8 Å². The minimum atomic E-state index is 0.378. The molecule has 0 saturated heterocycles. The van der Waals surface area contributed by atoms with Crippen LogP contribution in [-0.2, 0) is 9.31 Å². The molecule has 0 bridgehead atoms. The second-order valence-electron chi connectivity index (χ2n) is 2.19. The van der Waals surface area contributed by atoms with E-state index in [-0.39, 0.29) is 0 Å². The topological polar surface area (TPSA) is 18.5 Å². The van der Waals surface area contributed by atoms with Gasteiger partial charge in [0, 0.05) is 6.42 Å². The number of hydrogen-bond donors (Lipinski definition) is 0. The summed E-state index contributed by atoms with van der Waals surface area (Å²) >= 11 is 0. The Balaban J connectivity index is 2.30. The highest BCUT2D eigenvalue weighted by Crippen LogP contribution is 2.21. The number of rotatable bonds is 0. The van der Waals surface area contributed by atoms with Crippen molar-refractivity contribution in [3.8, 4) is 0 Å². The molecule has 0 aromatic rings. The van der Waals surface area contributed by atoms with Crippen LogP contribution in [-0.4, -0.2) is 7.69 Å². The summed E-state index contributed by atoms with van der Waals surface area (Å²) in [5.41, 5.74) is 0. The molecule has 0 fully saturated rings. The summed E-state index contributed by atoms with van der Waals surface area (Å²) in [4.78, 5) is 0. The molecule has 2 nitrogen and oxygen atoms in total. The molecule has 0 N–H and O–H groups in total. The summed E-state index contributed by atoms with van der Waals surface area (Å²) in [7, 11) is 0.378. The molecule has 1 aliphatic heterocycles. The van der Waals surface area contributed by atoms with Crippen LogP contribution < -0.4 is 0 Å². The summed E-state index contributed by atoms with van der Waals surface area (Å²) in [5.74, 6) is 1.83. The van der Waals surface area contributed by atoms with Crippen molar-refractivity contribution < 1.29 is 9.31 Å². The van der Waals surface area contributed by atoms with Crippen molar-refractivity contribution in [1.29, 1.82) is 0 Å². The summed E-state index contributed by atoms with van der Waals surface area (Å²) in [6, 6.07) is 0. The maximum absolute atomic E-state index is 5.19. The molecular formula is C7H7BO2. The fraction of sp³-hybridized carbons (Fsp3) is 0.143. The van der Waals surface area contributed by atoms with Gasteiger partial charge in [-0.2, -0.15) is 0 Å². The Morgan fingerprint density at radius 2 is 2.30 bits per heavy atom. The molecule has 0 unspecified atom stereocenters. The van der Waals surface area contributed by atoms with E-state index >= 15 is 0 Å². The van der Waals surface area contributed by atoms with E-state index in [0.29, 0.717) is 7.69 Å². The summed E-state index contributed by atoms with van der Waals surface area (Å²) in [5, 5.41) is 0. The van der Waals surface area contributed by atoms with Crippen LogP contribution in [0.3, 0.4) is 0 Å². The molecule has 1 heterocycles. The van der Waals surface area contributed by atoms with Crippen LogP contribution in [0.5, 0.6) is 0 Å². The lowest BCUT2D eigenvalue weighted by Gasteiger charge is -1.94. The van der Waals surface area contributed by atoms with Crippen LogP contribution >= 0.6 is 0 Å². The Hall–Kier alpha value is -1.12. The molecule has 2 aliphatic rings. The van der Waals surface area contributed by atoms with Gasteiger partial charge in [0.05, 0.1) is 0 Å². The first-order valence-electron chi connectivity index (χ1n) is 3.29. The van der Waals surface area contributed by atoms with Crippen molar-refractivity contribution in [3.05, 3.63) is 35.8 Å². The van der Waals surface area contributed by atoms with Gasteiger partial charge >= 0.3 is 7.69 Å². The predicted octanol–water partition coefficient (Wildman–Crippen LogP) is 1.03. The molecule has 2 rings (SSSR count). The van der Waals surface area contributed by atoms with Gasteiger partial charge < -0.3 is 9.31 Å². The van der Waals surface area contributed by atoms with Gasteiger partial charge in [-0.1, -0.05) is 18.2 Å². The molecule has 0 radical (unpaired) electrons. The molecule has 0 aromatic carbocycles. The van der Waals surface area contributed by atoms with Gasteiger partial charge in [0.1, 0.15) is 11.5 Å². The highest BCUT2D eigenvalue weighted by Gasteiger charge is 2.15. The van der Waals surface area contributed by atoms with Crippen molar-refractivity contribution in [2.45, 2.75) is 6.42 Å². The standard InChI is InChI=1S/C7H7BO2/c1-2-4-6-7(5-3-1)10-8-9-6/h1-4,8H,5H2. The van der Waals surface area contributed by atoms with Crippen LogP contribution in [0.25, 0.3) is 0 Å². The van der Waals surface area contributed by atoms with E-state index in [1.54, 1.807) is 0 Å². The van der Waals surface area contributed by atoms with Gasteiger partial charge in [0.2, 0.25) is 0 Å². The Morgan fingerprint density at radius 1 is 1.30 bits per heavy atom. The van der Waals surface area contributed by atoms with Crippen molar-refractivity contribution >= 4 is 7.69 Å². The zero-order valence-electron chi connectivity index (χ0n) is 5.54. The highest BCUT2D eigenvalue weighted by atomic mass is 16.6. The Labute approximate surface area is 60.1 Å². The lowest BCUT2D eigenvalue weighted by Crippen LogP contribution is -1.88. The van der Waals surface area contributed by atoms with Gasteiger partial charge in [-0.05, 0) is 6.08 Å². The highest BCUT2D eigenvalue weighted by molar-refractivity contribution is 6.20. The normalized spacial score (nSPS) is 20.8. The maximum Gasteiger partial charge on any atom is 0.576 e. The summed E-state index contributed by atoms with van der Waals surface area (Å²) in [6.45, 7) is 0. The van der Waals surface area contributed by atoms with Gasteiger partial charge in [-0.3, -0.25) is 0 Å². The third kappa shape index (κ3) is 0.836. The molecule has 10 heavy (non-hydrogen) atoms.